The van der Waals surface area contributed by atoms with Crippen LogP contribution in [0.25, 0.3) is 0 Å². The first kappa shape index (κ1) is 21.1. The predicted octanol–water partition coefficient (Wildman–Crippen LogP) is 2.25. The molecule has 0 unspecified atom stereocenters. The normalized spacial score (nSPS) is 12.5. The third-order valence-corrected chi connectivity index (χ3v) is 3.93. The first-order valence-electron chi connectivity index (χ1n) is 8.70. The molecule has 0 radical (unpaired) electrons. The standard InChI is InChI=1S/C19H25N3O6/c1-7-26-17(23)12-10-13-14(27-18(24)20(2)3)8-9-15(16(13)22(6)11-12)28-19(25)21(4)5/h8-9,11H,7,10H2,1-6H3. The molecule has 28 heavy (non-hydrogen) atoms. The van der Waals surface area contributed by atoms with Crippen LogP contribution in [0.3, 0.4) is 0 Å². The molecule has 1 aromatic rings. The Bertz CT molecular complexity index is 816. The second-order valence-electron chi connectivity index (χ2n) is 6.58. The lowest BCUT2D eigenvalue weighted by atomic mass is 9.98. The summed E-state index contributed by atoms with van der Waals surface area (Å²) in [7, 11) is 7.99. The van der Waals surface area contributed by atoms with Crippen LogP contribution in [0.2, 0.25) is 0 Å². The van der Waals surface area contributed by atoms with Crippen LogP contribution in [0.5, 0.6) is 11.5 Å². The smallest absolute Gasteiger partial charge is 0.414 e. The Balaban J connectivity index is 2.50. The van der Waals surface area contributed by atoms with Crippen LogP contribution in [0.15, 0.2) is 23.9 Å². The molecule has 2 rings (SSSR count). The predicted molar refractivity (Wildman–Crippen MR) is 103 cm³/mol. The maximum Gasteiger partial charge on any atom is 0.414 e. The van der Waals surface area contributed by atoms with Gasteiger partial charge in [-0.05, 0) is 19.1 Å². The number of carbonyl (C=O) groups is 3. The van der Waals surface area contributed by atoms with E-state index in [1.54, 1.807) is 65.4 Å². The number of carbonyl (C=O) groups excluding carboxylic acids is 3. The van der Waals surface area contributed by atoms with Crippen LogP contribution < -0.4 is 14.4 Å². The molecule has 1 heterocycles. The summed E-state index contributed by atoms with van der Waals surface area (Å²) < 4.78 is 16.0. The Kier molecular flexibility index (Phi) is 6.50. The van der Waals surface area contributed by atoms with Crippen molar-refractivity contribution in [3.63, 3.8) is 0 Å². The van der Waals surface area contributed by atoms with Crippen molar-refractivity contribution in [3.05, 3.63) is 29.5 Å². The molecule has 1 aliphatic heterocycles. The molecule has 0 bridgehead atoms. The highest BCUT2D eigenvalue weighted by Gasteiger charge is 2.29. The van der Waals surface area contributed by atoms with Gasteiger partial charge < -0.3 is 28.9 Å². The maximum absolute atomic E-state index is 12.2. The average Bonchev–Trinajstić information content (AvgIpc) is 2.63. The third-order valence-electron chi connectivity index (χ3n) is 3.93. The molecule has 1 aromatic carbocycles. The summed E-state index contributed by atoms with van der Waals surface area (Å²) in [6, 6.07) is 3.10. The second kappa shape index (κ2) is 8.64. The van der Waals surface area contributed by atoms with Gasteiger partial charge in [-0.25, -0.2) is 14.4 Å². The summed E-state index contributed by atoms with van der Waals surface area (Å²) in [6.07, 6.45) is 0.677. The van der Waals surface area contributed by atoms with Crippen molar-refractivity contribution in [1.29, 1.82) is 0 Å². The molecule has 2 amide bonds. The Morgan fingerprint density at radius 3 is 2.07 bits per heavy atom. The molecule has 9 nitrogen and oxygen atoms in total. The number of amides is 2. The van der Waals surface area contributed by atoms with E-state index >= 15 is 0 Å². The van der Waals surface area contributed by atoms with Crippen LogP contribution >= 0.6 is 0 Å². The monoisotopic (exact) mass is 391 g/mol. The van der Waals surface area contributed by atoms with Gasteiger partial charge in [0.15, 0.2) is 5.75 Å². The van der Waals surface area contributed by atoms with Gasteiger partial charge in [-0.3, -0.25) is 0 Å². The number of fused-ring (bicyclic) bond motifs is 1. The Morgan fingerprint density at radius 2 is 1.54 bits per heavy atom. The number of nitrogens with zero attached hydrogens (tertiary/aromatic N) is 3. The highest BCUT2D eigenvalue weighted by Crippen LogP contribution is 2.42. The van der Waals surface area contributed by atoms with Gasteiger partial charge in [0.2, 0.25) is 0 Å². The number of ether oxygens (including phenoxy) is 3. The van der Waals surface area contributed by atoms with E-state index in [9.17, 15) is 14.4 Å². The topological polar surface area (TPSA) is 88.6 Å². The molecular formula is C19H25N3O6. The number of anilines is 1. The van der Waals surface area contributed by atoms with Gasteiger partial charge in [0, 0.05) is 53.4 Å². The van der Waals surface area contributed by atoms with Crippen LogP contribution in [0.4, 0.5) is 15.3 Å². The van der Waals surface area contributed by atoms with E-state index in [-0.39, 0.29) is 18.8 Å². The largest absolute Gasteiger partial charge is 0.463 e. The molecule has 0 spiro atoms. The summed E-state index contributed by atoms with van der Waals surface area (Å²) in [5.74, 6) is 0.112. The molecule has 0 saturated carbocycles. The van der Waals surface area contributed by atoms with Gasteiger partial charge in [0.25, 0.3) is 0 Å². The molecule has 0 fully saturated rings. The summed E-state index contributed by atoms with van der Waals surface area (Å²) in [6.45, 7) is 1.97. The van der Waals surface area contributed by atoms with E-state index in [0.717, 1.165) is 0 Å². The number of benzene rings is 1. The van der Waals surface area contributed by atoms with Crippen LogP contribution in [-0.4, -0.2) is 69.8 Å². The first-order valence-corrected chi connectivity index (χ1v) is 8.70. The fourth-order valence-electron chi connectivity index (χ4n) is 2.59. The zero-order valence-corrected chi connectivity index (χ0v) is 16.9. The summed E-state index contributed by atoms with van der Waals surface area (Å²) in [5, 5.41) is 0. The minimum Gasteiger partial charge on any atom is -0.463 e. The zero-order chi connectivity index (χ0) is 21.0. The first-order chi connectivity index (χ1) is 13.1. The lowest BCUT2D eigenvalue weighted by Crippen LogP contribution is -2.29. The van der Waals surface area contributed by atoms with Crippen LogP contribution in [-0.2, 0) is 16.0 Å². The van der Waals surface area contributed by atoms with Gasteiger partial charge in [0.05, 0.1) is 17.9 Å². The molecule has 0 saturated heterocycles. The zero-order valence-electron chi connectivity index (χ0n) is 16.9. The Morgan fingerprint density at radius 1 is 1.00 bits per heavy atom. The molecule has 0 atom stereocenters. The van der Waals surface area contributed by atoms with Gasteiger partial charge in [-0.2, -0.15) is 0 Å². The summed E-state index contributed by atoms with van der Waals surface area (Å²) in [4.78, 5) is 40.5. The van der Waals surface area contributed by atoms with Crippen LogP contribution in [0.1, 0.15) is 12.5 Å². The number of rotatable bonds is 4. The minimum atomic E-state index is -0.560. The molecule has 152 valence electrons. The van der Waals surface area contributed by atoms with Crippen molar-refractivity contribution in [2.24, 2.45) is 0 Å². The fraction of sp³-hybridized carbons (Fsp3) is 0.421. The summed E-state index contributed by atoms with van der Waals surface area (Å²) in [5.41, 5.74) is 1.48. The van der Waals surface area contributed by atoms with Gasteiger partial charge >= 0.3 is 18.2 Å². The molecular weight excluding hydrogens is 366 g/mol. The van der Waals surface area contributed by atoms with Gasteiger partial charge in [-0.15, -0.1) is 0 Å². The third kappa shape index (κ3) is 4.54. The van der Waals surface area contributed by atoms with E-state index in [4.69, 9.17) is 14.2 Å². The SMILES string of the molecule is CCOC(=O)C1=CN(C)c2c(OC(=O)N(C)C)ccc(OC(=O)N(C)C)c2C1. The van der Waals surface area contributed by atoms with Crippen molar-refractivity contribution < 1.29 is 28.6 Å². The highest BCUT2D eigenvalue weighted by atomic mass is 16.6. The van der Waals surface area contributed by atoms with E-state index in [1.165, 1.54) is 9.80 Å². The van der Waals surface area contributed by atoms with Gasteiger partial charge in [0.1, 0.15) is 5.75 Å². The lowest BCUT2D eigenvalue weighted by Gasteiger charge is -2.29. The van der Waals surface area contributed by atoms with Crippen LogP contribution in [0, 0.1) is 0 Å². The quantitative estimate of drug-likeness (QED) is 0.727. The van der Waals surface area contributed by atoms with Crippen molar-refractivity contribution in [2.75, 3.05) is 46.7 Å². The molecule has 0 aliphatic carbocycles. The number of hydrogen-bond donors (Lipinski definition) is 0. The van der Waals surface area contributed by atoms with E-state index < -0.39 is 18.2 Å². The van der Waals surface area contributed by atoms with E-state index in [2.05, 4.69) is 0 Å². The average molecular weight is 391 g/mol. The Hall–Kier alpha value is -3.23. The summed E-state index contributed by atoms with van der Waals surface area (Å²) >= 11 is 0. The molecule has 1 aliphatic rings. The second-order valence-corrected chi connectivity index (χ2v) is 6.58. The molecule has 9 heteroatoms. The van der Waals surface area contributed by atoms with E-state index in [0.29, 0.717) is 22.6 Å². The fourth-order valence-corrected chi connectivity index (χ4v) is 2.59. The van der Waals surface area contributed by atoms with E-state index in [1.807, 2.05) is 0 Å². The lowest BCUT2D eigenvalue weighted by molar-refractivity contribution is -0.138. The Labute approximate surface area is 164 Å². The van der Waals surface area contributed by atoms with Crippen molar-refractivity contribution >= 4 is 23.8 Å². The molecule has 0 aromatic heterocycles. The molecule has 0 N–H and O–H groups in total. The van der Waals surface area contributed by atoms with Gasteiger partial charge in [-0.1, -0.05) is 0 Å². The van der Waals surface area contributed by atoms with Crippen molar-refractivity contribution in [2.45, 2.75) is 13.3 Å². The number of esters is 1. The highest BCUT2D eigenvalue weighted by molar-refractivity contribution is 5.92. The van der Waals surface area contributed by atoms with Crippen molar-refractivity contribution in [1.82, 2.24) is 9.80 Å². The minimum absolute atomic E-state index is 0.169. The van der Waals surface area contributed by atoms with Crippen molar-refractivity contribution in [3.8, 4) is 11.5 Å². The maximum atomic E-state index is 12.2. The number of hydrogen-bond acceptors (Lipinski definition) is 7.